The summed E-state index contributed by atoms with van der Waals surface area (Å²) in [5.41, 5.74) is 7.17. The summed E-state index contributed by atoms with van der Waals surface area (Å²) in [5.74, 6) is 0.423. The Hall–Kier alpha value is -3.82. The number of hydrogen-bond acceptors (Lipinski definition) is 6. The van der Waals surface area contributed by atoms with Crippen LogP contribution in [0.4, 0.5) is 24.8 Å². The summed E-state index contributed by atoms with van der Waals surface area (Å²) in [6.45, 7) is 11.5. The molecule has 2 aromatic heterocycles. The molecule has 1 aliphatic rings. The van der Waals surface area contributed by atoms with Crippen LogP contribution in [0, 0.1) is 6.92 Å². The first-order valence-corrected chi connectivity index (χ1v) is 13.0. The standard InChI is InChI=1S/C29H33F3N6O/c1-19-6-7-21(28(2,3)4)16-20(19)17-24-25-26(33-18-36(25)5)35-27(34-24)38-14-12-37(13-15-38)22-8-10-23(11-9-22)39-29(30,31)32/h6-11,16,18H,12-15,17H2,1-5H3. The minimum absolute atomic E-state index is 0.0481. The van der Waals surface area contributed by atoms with Crippen molar-refractivity contribution < 1.29 is 17.9 Å². The largest absolute Gasteiger partial charge is 0.573 e. The van der Waals surface area contributed by atoms with Crippen LogP contribution in [0.5, 0.6) is 5.75 Å². The SMILES string of the molecule is Cc1ccc(C(C)(C)C)cc1Cc1nc(N2CCN(c3ccc(OC(F)(F)F)cc3)CC2)nc2ncn(C)c12. The molecule has 0 aliphatic carbocycles. The number of nitrogens with zero attached hydrogens (tertiary/aromatic N) is 6. The van der Waals surface area contributed by atoms with Crippen LogP contribution < -0.4 is 14.5 Å². The Kier molecular flexibility index (Phi) is 6.90. The van der Waals surface area contributed by atoms with Gasteiger partial charge in [-0.3, -0.25) is 0 Å². The van der Waals surface area contributed by atoms with Crippen molar-refractivity contribution in [2.75, 3.05) is 36.0 Å². The van der Waals surface area contributed by atoms with E-state index < -0.39 is 6.36 Å². The van der Waals surface area contributed by atoms with Gasteiger partial charge < -0.3 is 19.1 Å². The summed E-state index contributed by atoms with van der Waals surface area (Å²) < 4.78 is 43.4. The van der Waals surface area contributed by atoms with Crippen LogP contribution in [0.25, 0.3) is 11.2 Å². The van der Waals surface area contributed by atoms with Crippen LogP contribution in [0.3, 0.4) is 0 Å². The number of halogens is 3. The molecule has 2 aromatic carbocycles. The van der Waals surface area contributed by atoms with E-state index in [0.29, 0.717) is 44.2 Å². The highest BCUT2D eigenvalue weighted by Gasteiger charge is 2.31. The highest BCUT2D eigenvalue weighted by atomic mass is 19.4. The second-order valence-electron chi connectivity index (χ2n) is 11.1. The minimum atomic E-state index is -4.70. The fourth-order valence-electron chi connectivity index (χ4n) is 4.92. The number of piperazine rings is 1. The lowest BCUT2D eigenvalue weighted by atomic mass is 9.84. The van der Waals surface area contributed by atoms with Crippen molar-refractivity contribution in [3.8, 4) is 5.75 Å². The van der Waals surface area contributed by atoms with Gasteiger partial charge in [0.1, 0.15) is 11.3 Å². The van der Waals surface area contributed by atoms with Gasteiger partial charge in [0.05, 0.1) is 12.0 Å². The zero-order chi connectivity index (χ0) is 27.9. The molecule has 0 N–H and O–H groups in total. The van der Waals surface area contributed by atoms with Gasteiger partial charge in [-0.05, 0) is 53.3 Å². The van der Waals surface area contributed by atoms with E-state index in [1.165, 1.54) is 28.8 Å². The van der Waals surface area contributed by atoms with E-state index in [-0.39, 0.29) is 11.2 Å². The van der Waals surface area contributed by atoms with Gasteiger partial charge >= 0.3 is 6.36 Å². The summed E-state index contributed by atoms with van der Waals surface area (Å²) in [6.07, 6.45) is -2.25. The smallest absolute Gasteiger partial charge is 0.406 e. The fourth-order valence-corrected chi connectivity index (χ4v) is 4.92. The van der Waals surface area contributed by atoms with E-state index in [1.807, 2.05) is 11.6 Å². The van der Waals surface area contributed by atoms with Crippen molar-refractivity contribution in [2.24, 2.45) is 7.05 Å². The molecule has 7 nitrogen and oxygen atoms in total. The van der Waals surface area contributed by atoms with Crippen molar-refractivity contribution in [3.05, 3.63) is 71.2 Å². The molecular formula is C29H33F3N6O. The summed E-state index contributed by atoms with van der Waals surface area (Å²) in [6, 6.07) is 12.6. The number of alkyl halides is 3. The molecule has 0 spiro atoms. The number of rotatable bonds is 5. The summed E-state index contributed by atoms with van der Waals surface area (Å²) >= 11 is 0. The summed E-state index contributed by atoms with van der Waals surface area (Å²) in [4.78, 5) is 18.6. The Labute approximate surface area is 226 Å². The predicted octanol–water partition coefficient (Wildman–Crippen LogP) is 5.79. The minimum Gasteiger partial charge on any atom is -0.406 e. The van der Waals surface area contributed by atoms with Crippen LogP contribution in [-0.4, -0.2) is 52.1 Å². The van der Waals surface area contributed by atoms with E-state index in [1.54, 1.807) is 18.5 Å². The van der Waals surface area contributed by atoms with Crippen molar-refractivity contribution in [3.63, 3.8) is 0 Å². The quantitative estimate of drug-likeness (QED) is 0.321. The molecule has 39 heavy (non-hydrogen) atoms. The predicted molar refractivity (Wildman–Crippen MR) is 147 cm³/mol. The number of fused-ring (bicyclic) bond motifs is 1. The molecule has 4 aromatic rings. The first kappa shape index (κ1) is 26.8. The topological polar surface area (TPSA) is 59.3 Å². The van der Waals surface area contributed by atoms with Crippen LogP contribution in [0.2, 0.25) is 0 Å². The summed E-state index contributed by atoms with van der Waals surface area (Å²) in [5, 5.41) is 0. The van der Waals surface area contributed by atoms with E-state index >= 15 is 0 Å². The maximum absolute atomic E-state index is 12.5. The molecule has 206 valence electrons. The number of aryl methyl sites for hydroxylation is 2. The molecule has 0 bridgehead atoms. The van der Waals surface area contributed by atoms with Crippen LogP contribution >= 0.6 is 0 Å². The number of imidazole rings is 1. The lowest BCUT2D eigenvalue weighted by Crippen LogP contribution is -2.47. The van der Waals surface area contributed by atoms with Crippen LogP contribution in [0.15, 0.2) is 48.8 Å². The number of ether oxygens (including phenoxy) is 1. The zero-order valence-corrected chi connectivity index (χ0v) is 22.9. The van der Waals surface area contributed by atoms with Crippen LogP contribution in [0.1, 0.15) is 43.2 Å². The Bertz CT molecular complexity index is 1470. The molecule has 0 amide bonds. The van der Waals surface area contributed by atoms with Crippen molar-refractivity contribution in [1.82, 2.24) is 19.5 Å². The number of benzene rings is 2. The maximum Gasteiger partial charge on any atom is 0.573 e. The van der Waals surface area contributed by atoms with E-state index in [4.69, 9.17) is 9.97 Å². The van der Waals surface area contributed by atoms with Crippen molar-refractivity contribution in [1.29, 1.82) is 0 Å². The Morgan fingerprint density at radius 3 is 2.21 bits per heavy atom. The zero-order valence-electron chi connectivity index (χ0n) is 22.9. The second kappa shape index (κ2) is 10.1. The molecule has 0 unspecified atom stereocenters. The molecule has 0 saturated carbocycles. The van der Waals surface area contributed by atoms with Gasteiger partial charge in [0, 0.05) is 45.3 Å². The van der Waals surface area contributed by atoms with E-state index in [2.05, 4.69) is 65.4 Å². The summed E-state index contributed by atoms with van der Waals surface area (Å²) in [7, 11) is 1.96. The fraction of sp³-hybridized carbons (Fsp3) is 0.414. The van der Waals surface area contributed by atoms with Gasteiger partial charge in [-0.25, -0.2) is 9.97 Å². The number of hydrogen-bond donors (Lipinski definition) is 0. The second-order valence-corrected chi connectivity index (χ2v) is 11.1. The third kappa shape index (κ3) is 5.94. The average molecular weight is 539 g/mol. The lowest BCUT2D eigenvalue weighted by molar-refractivity contribution is -0.274. The molecule has 3 heterocycles. The molecule has 0 atom stereocenters. The van der Waals surface area contributed by atoms with Crippen LogP contribution in [-0.2, 0) is 18.9 Å². The van der Waals surface area contributed by atoms with E-state index in [9.17, 15) is 13.2 Å². The lowest BCUT2D eigenvalue weighted by Gasteiger charge is -2.36. The van der Waals surface area contributed by atoms with Gasteiger partial charge in [-0.1, -0.05) is 39.0 Å². The molecule has 10 heteroatoms. The molecule has 0 radical (unpaired) electrons. The monoisotopic (exact) mass is 538 g/mol. The van der Waals surface area contributed by atoms with Gasteiger partial charge in [0.15, 0.2) is 5.65 Å². The highest BCUT2D eigenvalue weighted by molar-refractivity contribution is 5.75. The third-order valence-electron chi connectivity index (χ3n) is 7.20. The first-order valence-electron chi connectivity index (χ1n) is 13.0. The molecule has 1 aliphatic heterocycles. The average Bonchev–Trinajstić information content (AvgIpc) is 3.25. The van der Waals surface area contributed by atoms with E-state index in [0.717, 1.165) is 16.9 Å². The highest BCUT2D eigenvalue weighted by Crippen LogP contribution is 2.29. The first-order chi connectivity index (χ1) is 18.4. The number of anilines is 2. The Morgan fingerprint density at radius 1 is 0.897 bits per heavy atom. The molecule has 5 rings (SSSR count). The Morgan fingerprint density at radius 2 is 1.56 bits per heavy atom. The normalized spacial score (nSPS) is 14.8. The Balaban J connectivity index is 1.36. The van der Waals surface area contributed by atoms with Gasteiger partial charge in [-0.2, -0.15) is 4.98 Å². The molecular weight excluding hydrogens is 505 g/mol. The van der Waals surface area contributed by atoms with Gasteiger partial charge in [-0.15, -0.1) is 13.2 Å². The van der Waals surface area contributed by atoms with Gasteiger partial charge in [0.2, 0.25) is 5.95 Å². The molecule has 1 saturated heterocycles. The molecule has 1 fully saturated rings. The number of aromatic nitrogens is 4. The van der Waals surface area contributed by atoms with Crippen molar-refractivity contribution >= 4 is 22.8 Å². The van der Waals surface area contributed by atoms with Crippen molar-refractivity contribution in [2.45, 2.75) is 45.9 Å². The van der Waals surface area contributed by atoms with Gasteiger partial charge in [0.25, 0.3) is 0 Å². The maximum atomic E-state index is 12.5. The third-order valence-corrected chi connectivity index (χ3v) is 7.20.